The van der Waals surface area contributed by atoms with Crippen LogP contribution in [0.2, 0.25) is 0 Å². The van der Waals surface area contributed by atoms with E-state index in [9.17, 15) is 9.59 Å². The topological polar surface area (TPSA) is 85.2 Å². The summed E-state index contributed by atoms with van der Waals surface area (Å²) in [6.45, 7) is 2.35. The molecule has 0 spiro atoms. The molecule has 0 saturated carbocycles. The molecule has 0 radical (unpaired) electrons. The highest BCUT2D eigenvalue weighted by Gasteiger charge is 2.25. The second-order valence-corrected chi connectivity index (χ2v) is 8.30. The molecule has 0 unspecified atom stereocenters. The average Bonchev–Trinajstić information content (AvgIpc) is 3.35. The fourth-order valence-electron chi connectivity index (χ4n) is 3.46. The molecular weight excluding hydrogens is 412 g/mol. The van der Waals surface area contributed by atoms with Crippen LogP contribution in [0.5, 0.6) is 5.75 Å². The molecule has 2 heterocycles. The van der Waals surface area contributed by atoms with Gasteiger partial charge in [-0.2, -0.15) is 16.9 Å². The van der Waals surface area contributed by atoms with Crippen molar-refractivity contribution in [2.24, 2.45) is 0 Å². The van der Waals surface area contributed by atoms with Crippen molar-refractivity contribution in [1.29, 1.82) is 0 Å². The lowest BCUT2D eigenvalue weighted by Crippen LogP contribution is -2.29. The van der Waals surface area contributed by atoms with Gasteiger partial charge < -0.3 is 15.4 Å². The number of aromatic nitrogens is 2. The van der Waals surface area contributed by atoms with Crippen molar-refractivity contribution in [3.8, 4) is 5.75 Å². The Labute approximate surface area is 185 Å². The molecule has 4 rings (SSSR count). The molecule has 0 bridgehead atoms. The number of rotatable bonds is 7. The predicted octanol–water partition coefficient (Wildman–Crippen LogP) is 3.52. The van der Waals surface area contributed by atoms with Crippen LogP contribution in [0.1, 0.15) is 32.7 Å². The number of nitrogens with one attached hydrogen (secondary N) is 2. The zero-order valence-electron chi connectivity index (χ0n) is 17.5. The van der Waals surface area contributed by atoms with Gasteiger partial charge in [0, 0.05) is 29.2 Å². The number of carbonyl (C=O) groups is 2. The fourth-order valence-corrected chi connectivity index (χ4v) is 4.49. The maximum absolute atomic E-state index is 12.9. The lowest BCUT2D eigenvalue weighted by molar-refractivity contribution is -0.122. The molecular formula is C23H24N4O3S. The first-order valence-corrected chi connectivity index (χ1v) is 11.1. The molecule has 0 aliphatic carbocycles. The van der Waals surface area contributed by atoms with Crippen LogP contribution in [0.3, 0.4) is 0 Å². The number of aryl methyl sites for hydroxylation is 1. The van der Waals surface area contributed by atoms with E-state index in [1.165, 1.54) is 0 Å². The van der Waals surface area contributed by atoms with Gasteiger partial charge in [0.05, 0.1) is 12.8 Å². The molecule has 1 aliphatic rings. The molecule has 7 nitrogen and oxygen atoms in total. The highest BCUT2D eigenvalue weighted by atomic mass is 32.2. The van der Waals surface area contributed by atoms with E-state index in [4.69, 9.17) is 4.74 Å². The number of carbonyl (C=O) groups excluding carboxylic acids is 2. The maximum atomic E-state index is 12.9. The summed E-state index contributed by atoms with van der Waals surface area (Å²) in [4.78, 5) is 25.4. The summed E-state index contributed by atoms with van der Waals surface area (Å²) in [5, 5.41) is 10.5. The molecule has 160 valence electrons. The van der Waals surface area contributed by atoms with Crippen molar-refractivity contribution in [3.63, 3.8) is 0 Å². The number of nitrogens with zero attached hydrogens (tertiary/aromatic N) is 2. The Morgan fingerprint density at radius 1 is 1.13 bits per heavy atom. The van der Waals surface area contributed by atoms with Gasteiger partial charge in [0.2, 0.25) is 5.91 Å². The van der Waals surface area contributed by atoms with E-state index in [1.807, 2.05) is 49.4 Å². The Morgan fingerprint density at radius 2 is 1.90 bits per heavy atom. The Hall–Kier alpha value is -3.26. The molecule has 8 heteroatoms. The van der Waals surface area contributed by atoms with Gasteiger partial charge in [0.15, 0.2) is 0 Å². The van der Waals surface area contributed by atoms with E-state index in [1.54, 1.807) is 29.6 Å². The zero-order valence-corrected chi connectivity index (χ0v) is 18.3. The Bertz CT molecular complexity index is 1110. The largest absolute Gasteiger partial charge is 0.497 e. The third kappa shape index (κ3) is 4.74. The van der Waals surface area contributed by atoms with E-state index >= 15 is 0 Å². The number of ether oxygens (including phenoxy) is 1. The molecule has 0 saturated heterocycles. The van der Waals surface area contributed by atoms with Crippen LogP contribution in [-0.4, -0.2) is 28.7 Å². The van der Waals surface area contributed by atoms with Crippen LogP contribution < -0.4 is 15.4 Å². The molecule has 1 aliphatic heterocycles. The molecule has 2 N–H and O–H groups in total. The smallest absolute Gasteiger partial charge is 0.257 e. The second kappa shape index (κ2) is 9.26. The third-order valence-electron chi connectivity index (χ3n) is 5.18. The van der Waals surface area contributed by atoms with Gasteiger partial charge in [-0.05, 0) is 36.2 Å². The minimum atomic E-state index is -0.197. The van der Waals surface area contributed by atoms with E-state index in [2.05, 4.69) is 15.7 Å². The molecule has 1 aromatic heterocycles. The van der Waals surface area contributed by atoms with Crippen LogP contribution in [0.15, 0.2) is 48.5 Å². The predicted molar refractivity (Wildman–Crippen MR) is 121 cm³/mol. The highest BCUT2D eigenvalue weighted by Crippen LogP contribution is 2.35. The standard InChI is InChI=1S/C23H24N4O3S/c1-15-5-3-4-6-18(15)23(29)25-22-19-13-31-14-20(19)26-27(22)12-21(28)24-11-16-7-9-17(30-2)10-8-16/h3-10H,11-14H2,1-2H3,(H,24,28)(H,25,29). The number of fused-ring (bicyclic) bond motifs is 1. The molecule has 2 amide bonds. The summed E-state index contributed by atoms with van der Waals surface area (Å²) in [5.41, 5.74) is 4.40. The first-order valence-electron chi connectivity index (χ1n) is 9.98. The van der Waals surface area contributed by atoms with Crippen molar-refractivity contribution in [2.45, 2.75) is 31.5 Å². The fraction of sp³-hybridized carbons (Fsp3) is 0.261. The number of amides is 2. The van der Waals surface area contributed by atoms with Crippen LogP contribution in [0.25, 0.3) is 0 Å². The summed E-state index contributed by atoms with van der Waals surface area (Å²) in [6.07, 6.45) is 0. The maximum Gasteiger partial charge on any atom is 0.257 e. The summed E-state index contributed by atoms with van der Waals surface area (Å²) in [7, 11) is 1.62. The molecule has 31 heavy (non-hydrogen) atoms. The van der Waals surface area contributed by atoms with E-state index in [0.717, 1.165) is 39.6 Å². The van der Waals surface area contributed by atoms with Crippen molar-refractivity contribution in [2.75, 3.05) is 12.4 Å². The van der Waals surface area contributed by atoms with Crippen LogP contribution >= 0.6 is 11.8 Å². The highest BCUT2D eigenvalue weighted by molar-refractivity contribution is 7.98. The van der Waals surface area contributed by atoms with Crippen LogP contribution in [0, 0.1) is 6.92 Å². The lowest BCUT2D eigenvalue weighted by atomic mass is 10.1. The number of hydrogen-bond acceptors (Lipinski definition) is 5. The summed E-state index contributed by atoms with van der Waals surface area (Å²) in [6, 6.07) is 15.0. The van der Waals surface area contributed by atoms with Crippen molar-refractivity contribution < 1.29 is 14.3 Å². The van der Waals surface area contributed by atoms with Crippen molar-refractivity contribution in [1.82, 2.24) is 15.1 Å². The first kappa shape index (κ1) is 21.0. The Morgan fingerprint density at radius 3 is 2.65 bits per heavy atom. The van der Waals surface area contributed by atoms with Gasteiger partial charge in [-0.3, -0.25) is 9.59 Å². The zero-order chi connectivity index (χ0) is 21.8. The first-order chi connectivity index (χ1) is 15.0. The van der Waals surface area contributed by atoms with Crippen LogP contribution in [-0.2, 0) is 29.4 Å². The average molecular weight is 437 g/mol. The summed E-state index contributed by atoms with van der Waals surface area (Å²) >= 11 is 1.75. The van der Waals surface area contributed by atoms with Crippen molar-refractivity contribution in [3.05, 3.63) is 76.5 Å². The number of thioether (sulfide) groups is 1. The van der Waals surface area contributed by atoms with E-state index in [0.29, 0.717) is 17.9 Å². The SMILES string of the molecule is COc1ccc(CNC(=O)Cn2nc3c(c2NC(=O)c2ccccc2C)CSC3)cc1. The monoisotopic (exact) mass is 436 g/mol. The van der Waals surface area contributed by atoms with Gasteiger partial charge >= 0.3 is 0 Å². The number of anilines is 1. The van der Waals surface area contributed by atoms with Gasteiger partial charge in [0.25, 0.3) is 5.91 Å². The quantitative estimate of drug-likeness (QED) is 0.592. The van der Waals surface area contributed by atoms with Gasteiger partial charge in [-0.25, -0.2) is 4.68 Å². The van der Waals surface area contributed by atoms with E-state index < -0.39 is 0 Å². The summed E-state index contributed by atoms with van der Waals surface area (Å²) < 4.78 is 6.75. The Balaban J connectivity index is 1.46. The molecule has 2 aromatic carbocycles. The number of benzene rings is 2. The Kier molecular flexibility index (Phi) is 6.27. The number of methoxy groups -OCH3 is 1. The minimum absolute atomic E-state index is 0.0389. The molecule has 0 atom stereocenters. The van der Waals surface area contributed by atoms with Gasteiger partial charge in [-0.1, -0.05) is 30.3 Å². The minimum Gasteiger partial charge on any atom is -0.497 e. The van der Waals surface area contributed by atoms with Gasteiger partial charge in [-0.15, -0.1) is 0 Å². The molecule has 3 aromatic rings. The van der Waals surface area contributed by atoms with Crippen molar-refractivity contribution >= 4 is 29.4 Å². The lowest BCUT2D eigenvalue weighted by Gasteiger charge is -2.12. The van der Waals surface area contributed by atoms with E-state index in [-0.39, 0.29) is 18.4 Å². The third-order valence-corrected chi connectivity index (χ3v) is 6.15. The van der Waals surface area contributed by atoms with Gasteiger partial charge in [0.1, 0.15) is 18.1 Å². The summed E-state index contributed by atoms with van der Waals surface area (Å²) in [5.74, 6) is 2.56. The van der Waals surface area contributed by atoms with Crippen LogP contribution in [0.4, 0.5) is 5.82 Å². The number of hydrogen-bond donors (Lipinski definition) is 2. The normalized spacial score (nSPS) is 12.3. The second-order valence-electron chi connectivity index (χ2n) is 7.32. The molecule has 0 fully saturated rings.